The van der Waals surface area contributed by atoms with E-state index in [2.05, 4.69) is 16.0 Å². The number of aromatic nitrogens is 1. The molecule has 1 aromatic carbocycles. The van der Waals surface area contributed by atoms with Gasteiger partial charge in [0.25, 0.3) is 0 Å². The fourth-order valence-electron chi connectivity index (χ4n) is 4.27. The molecule has 2 bridgehead atoms. The molecule has 0 amide bonds. The molecule has 1 saturated heterocycles. The van der Waals surface area contributed by atoms with E-state index >= 15 is 0 Å². The molecule has 3 atom stereocenters. The molecule has 3 heterocycles. The predicted molar refractivity (Wildman–Crippen MR) is 97.1 cm³/mol. The molecule has 2 aliphatic rings. The summed E-state index contributed by atoms with van der Waals surface area (Å²) in [6.07, 6.45) is 3.06. The Balaban J connectivity index is 1.80. The first kappa shape index (κ1) is 16.5. The number of aromatic amines is 1. The lowest BCUT2D eigenvalue weighted by molar-refractivity contribution is -0.146. The van der Waals surface area contributed by atoms with Crippen molar-refractivity contribution in [2.75, 3.05) is 33.4 Å². The zero-order valence-corrected chi connectivity index (χ0v) is 15.0. The van der Waals surface area contributed by atoms with Crippen LogP contribution in [-0.4, -0.2) is 49.2 Å². The molecule has 2 aromatic rings. The molecule has 0 radical (unpaired) electrons. The van der Waals surface area contributed by atoms with E-state index in [1.807, 2.05) is 19.1 Å². The Morgan fingerprint density at radius 2 is 2.24 bits per heavy atom. The average molecular weight is 342 g/mol. The maximum absolute atomic E-state index is 12.8. The number of esters is 1. The van der Waals surface area contributed by atoms with Crippen LogP contribution in [0.5, 0.6) is 5.75 Å². The molecule has 25 heavy (non-hydrogen) atoms. The van der Waals surface area contributed by atoms with E-state index in [9.17, 15) is 4.79 Å². The van der Waals surface area contributed by atoms with Crippen molar-refractivity contribution in [3.05, 3.63) is 29.5 Å². The highest BCUT2D eigenvalue weighted by atomic mass is 16.5. The summed E-state index contributed by atoms with van der Waals surface area (Å²) >= 11 is 0. The molecule has 0 saturated carbocycles. The zero-order valence-electron chi connectivity index (χ0n) is 15.0. The van der Waals surface area contributed by atoms with E-state index in [1.165, 1.54) is 17.4 Å². The van der Waals surface area contributed by atoms with Crippen molar-refractivity contribution in [2.24, 2.45) is 5.92 Å². The molecule has 1 N–H and O–H groups in total. The van der Waals surface area contributed by atoms with E-state index in [0.29, 0.717) is 12.5 Å². The quantitative estimate of drug-likeness (QED) is 0.868. The Bertz CT molecular complexity index is 783. The van der Waals surface area contributed by atoms with Gasteiger partial charge >= 0.3 is 5.97 Å². The SMILES string of the molecule is CCCOC(=O)C1CN2CCC(Cc3c1[nH]c1ccc(OC)cc31)C2. The smallest absolute Gasteiger partial charge is 0.316 e. The standard InChI is InChI=1S/C20H26N2O3/c1-3-8-25-20(23)17-12-22-7-6-13(11-22)9-16-15-10-14(24-2)4-5-18(15)21-19(16)17/h4-5,10,13,17,21H,3,6-9,11-12H2,1-2H3. The number of rotatable bonds is 4. The minimum atomic E-state index is -0.237. The molecule has 0 spiro atoms. The minimum Gasteiger partial charge on any atom is -0.497 e. The summed E-state index contributed by atoms with van der Waals surface area (Å²) in [6, 6.07) is 6.10. The molecule has 3 unspecified atom stereocenters. The van der Waals surface area contributed by atoms with Crippen LogP contribution in [0.2, 0.25) is 0 Å². The van der Waals surface area contributed by atoms with Crippen molar-refractivity contribution >= 4 is 16.9 Å². The number of carbonyl (C=O) groups is 1. The Morgan fingerprint density at radius 3 is 3.04 bits per heavy atom. The summed E-state index contributed by atoms with van der Waals surface area (Å²) in [5.74, 6) is 1.18. The van der Waals surface area contributed by atoms with Crippen molar-refractivity contribution in [1.82, 2.24) is 9.88 Å². The number of carbonyl (C=O) groups excluding carboxylic acids is 1. The molecular formula is C20H26N2O3. The first-order chi connectivity index (χ1) is 12.2. The Morgan fingerprint density at radius 1 is 1.36 bits per heavy atom. The van der Waals surface area contributed by atoms with Gasteiger partial charge in [-0.3, -0.25) is 4.79 Å². The van der Waals surface area contributed by atoms with Crippen LogP contribution in [0.4, 0.5) is 0 Å². The average Bonchev–Trinajstić information content (AvgIpc) is 3.21. The van der Waals surface area contributed by atoms with Crippen LogP contribution in [0.3, 0.4) is 0 Å². The lowest BCUT2D eigenvalue weighted by Gasteiger charge is -2.26. The number of benzene rings is 1. The molecule has 4 rings (SSSR count). The van der Waals surface area contributed by atoms with Gasteiger partial charge in [0.05, 0.1) is 13.7 Å². The second kappa shape index (κ2) is 6.71. The Kier molecular flexibility index (Phi) is 4.42. The molecule has 5 heteroatoms. The third-order valence-corrected chi connectivity index (χ3v) is 5.53. The number of methoxy groups -OCH3 is 1. The highest BCUT2D eigenvalue weighted by molar-refractivity contribution is 5.89. The third-order valence-electron chi connectivity index (χ3n) is 5.53. The van der Waals surface area contributed by atoms with Crippen molar-refractivity contribution in [3.8, 4) is 5.75 Å². The lowest BCUT2D eigenvalue weighted by atomic mass is 9.90. The summed E-state index contributed by atoms with van der Waals surface area (Å²) in [7, 11) is 1.69. The number of hydrogen-bond donors (Lipinski definition) is 1. The van der Waals surface area contributed by atoms with Crippen LogP contribution in [0.15, 0.2) is 18.2 Å². The summed E-state index contributed by atoms with van der Waals surface area (Å²) in [6.45, 7) is 5.41. The van der Waals surface area contributed by atoms with E-state index in [-0.39, 0.29) is 11.9 Å². The van der Waals surface area contributed by atoms with E-state index in [4.69, 9.17) is 9.47 Å². The van der Waals surface area contributed by atoms with Gasteiger partial charge < -0.3 is 19.4 Å². The normalized spacial score (nSPS) is 25.3. The largest absolute Gasteiger partial charge is 0.497 e. The van der Waals surface area contributed by atoms with Crippen LogP contribution in [0.1, 0.15) is 36.9 Å². The summed E-state index contributed by atoms with van der Waals surface area (Å²) in [5.41, 5.74) is 3.40. The van der Waals surface area contributed by atoms with Gasteiger partial charge in [-0.05, 0) is 55.5 Å². The second-order valence-corrected chi connectivity index (χ2v) is 7.27. The summed E-state index contributed by atoms with van der Waals surface area (Å²) in [5, 5.41) is 1.18. The third kappa shape index (κ3) is 3.01. The van der Waals surface area contributed by atoms with Gasteiger partial charge in [0.2, 0.25) is 0 Å². The number of hydrogen-bond acceptors (Lipinski definition) is 4. The van der Waals surface area contributed by atoms with Gasteiger partial charge in [-0.25, -0.2) is 0 Å². The van der Waals surface area contributed by atoms with Crippen molar-refractivity contribution in [1.29, 1.82) is 0 Å². The number of nitrogens with zero attached hydrogens (tertiary/aromatic N) is 1. The van der Waals surface area contributed by atoms with Gasteiger partial charge in [0, 0.05) is 29.7 Å². The van der Waals surface area contributed by atoms with E-state index in [1.54, 1.807) is 7.11 Å². The molecule has 2 aliphatic heterocycles. The van der Waals surface area contributed by atoms with Gasteiger partial charge in [0.15, 0.2) is 0 Å². The maximum Gasteiger partial charge on any atom is 0.316 e. The number of fused-ring (bicyclic) bond motifs is 5. The van der Waals surface area contributed by atoms with Crippen molar-refractivity contribution < 1.29 is 14.3 Å². The van der Waals surface area contributed by atoms with Crippen molar-refractivity contribution in [2.45, 2.75) is 32.1 Å². The fraction of sp³-hybridized carbons (Fsp3) is 0.550. The topological polar surface area (TPSA) is 54.6 Å². The van der Waals surface area contributed by atoms with Crippen LogP contribution >= 0.6 is 0 Å². The highest BCUT2D eigenvalue weighted by Crippen LogP contribution is 2.37. The number of H-pyrrole nitrogens is 1. The second-order valence-electron chi connectivity index (χ2n) is 7.27. The molecule has 134 valence electrons. The number of ether oxygens (including phenoxy) is 2. The van der Waals surface area contributed by atoms with E-state index in [0.717, 1.165) is 49.4 Å². The molecule has 0 aliphatic carbocycles. The zero-order chi connectivity index (χ0) is 17.4. The Labute approximate surface area is 148 Å². The van der Waals surface area contributed by atoms with Crippen molar-refractivity contribution in [3.63, 3.8) is 0 Å². The summed E-state index contributed by atoms with van der Waals surface area (Å²) < 4.78 is 10.9. The van der Waals surface area contributed by atoms with Gasteiger partial charge in [-0.15, -0.1) is 0 Å². The maximum atomic E-state index is 12.8. The highest BCUT2D eigenvalue weighted by Gasteiger charge is 2.36. The first-order valence-electron chi connectivity index (χ1n) is 9.27. The molecular weight excluding hydrogens is 316 g/mol. The van der Waals surface area contributed by atoms with E-state index < -0.39 is 0 Å². The molecule has 1 fully saturated rings. The van der Waals surface area contributed by atoms with Gasteiger partial charge in [0.1, 0.15) is 11.7 Å². The van der Waals surface area contributed by atoms with Crippen LogP contribution in [0, 0.1) is 5.92 Å². The van der Waals surface area contributed by atoms with Crippen LogP contribution in [-0.2, 0) is 16.0 Å². The minimum absolute atomic E-state index is 0.105. The lowest BCUT2D eigenvalue weighted by Crippen LogP contribution is -2.34. The summed E-state index contributed by atoms with van der Waals surface area (Å²) in [4.78, 5) is 18.7. The van der Waals surface area contributed by atoms with Gasteiger partial charge in [-0.2, -0.15) is 0 Å². The monoisotopic (exact) mass is 342 g/mol. The predicted octanol–water partition coefficient (Wildman–Crippen LogP) is 3.09. The molecule has 1 aromatic heterocycles. The first-order valence-corrected chi connectivity index (χ1v) is 9.27. The molecule has 5 nitrogen and oxygen atoms in total. The number of nitrogens with one attached hydrogen (secondary N) is 1. The van der Waals surface area contributed by atoms with Crippen LogP contribution < -0.4 is 4.74 Å². The van der Waals surface area contributed by atoms with Crippen LogP contribution in [0.25, 0.3) is 10.9 Å². The fourth-order valence-corrected chi connectivity index (χ4v) is 4.27. The Hall–Kier alpha value is -2.01. The van der Waals surface area contributed by atoms with Gasteiger partial charge in [-0.1, -0.05) is 6.92 Å².